The Bertz CT molecular complexity index is 649. The fraction of sp³-hybridized carbons (Fsp3) is 0.231. The Labute approximate surface area is 114 Å². The zero-order valence-electron chi connectivity index (χ0n) is 10.9. The summed E-state index contributed by atoms with van der Waals surface area (Å²) in [6.45, 7) is 5.09. The summed E-state index contributed by atoms with van der Waals surface area (Å²) in [5, 5.41) is 4.71. The van der Waals surface area contributed by atoms with Crippen molar-refractivity contribution in [2.45, 2.75) is 20.8 Å². The molecule has 0 aliphatic rings. The monoisotopic (exact) mass is 275 g/mol. The number of rotatable bonds is 3. The molecule has 5 nitrogen and oxygen atoms in total. The highest BCUT2D eigenvalue weighted by Gasteiger charge is 2.13. The summed E-state index contributed by atoms with van der Waals surface area (Å²) >= 11 is 1.23. The molecule has 2 heterocycles. The zero-order valence-corrected chi connectivity index (χ0v) is 11.7. The highest BCUT2D eigenvalue weighted by atomic mass is 32.1. The maximum atomic E-state index is 12.1. The van der Waals surface area contributed by atoms with E-state index in [1.54, 1.807) is 24.4 Å². The van der Waals surface area contributed by atoms with Crippen LogP contribution in [0.15, 0.2) is 17.5 Å². The van der Waals surface area contributed by atoms with Crippen LogP contribution in [0.2, 0.25) is 0 Å². The van der Waals surface area contributed by atoms with Crippen molar-refractivity contribution < 1.29 is 9.59 Å². The molecule has 0 spiro atoms. The molecular formula is C13H13N3O2S. The van der Waals surface area contributed by atoms with Gasteiger partial charge >= 0.3 is 0 Å². The lowest BCUT2D eigenvalue weighted by Gasteiger charge is -2.05. The van der Waals surface area contributed by atoms with Crippen LogP contribution in [0, 0.1) is 13.8 Å². The number of hydrogen-bond donors (Lipinski definition) is 1. The number of carbonyl (C=O) groups excluding carboxylic acids is 2. The van der Waals surface area contributed by atoms with Gasteiger partial charge in [0.2, 0.25) is 0 Å². The standard InChI is InChI=1S/C13H13N3O2S/c1-7-4-5-10(8(2)14-7)12(18)16-13-15-11(6-19-13)9(3)17/h4-6H,1-3H3,(H,15,16,18). The van der Waals surface area contributed by atoms with Gasteiger partial charge in [-0.2, -0.15) is 0 Å². The second-order valence-corrected chi connectivity index (χ2v) is 4.99. The summed E-state index contributed by atoms with van der Waals surface area (Å²) in [4.78, 5) is 31.5. The molecule has 0 unspecified atom stereocenters. The number of hydrogen-bond acceptors (Lipinski definition) is 5. The van der Waals surface area contributed by atoms with Crippen molar-refractivity contribution in [3.05, 3.63) is 40.2 Å². The van der Waals surface area contributed by atoms with Crippen molar-refractivity contribution in [1.29, 1.82) is 0 Å². The number of Topliss-reactive ketones (excluding diaryl/α,β-unsaturated/α-hetero) is 1. The fourth-order valence-electron chi connectivity index (χ4n) is 1.58. The number of pyridine rings is 1. The van der Waals surface area contributed by atoms with Gasteiger partial charge in [-0.25, -0.2) is 4.98 Å². The normalized spacial score (nSPS) is 10.3. The van der Waals surface area contributed by atoms with Crippen LogP contribution in [-0.2, 0) is 0 Å². The number of thiazole rings is 1. The summed E-state index contributed by atoms with van der Waals surface area (Å²) in [5.74, 6) is -0.389. The topological polar surface area (TPSA) is 72.0 Å². The number of carbonyl (C=O) groups is 2. The minimum absolute atomic E-state index is 0.120. The molecule has 2 rings (SSSR count). The van der Waals surface area contributed by atoms with Crippen molar-refractivity contribution in [3.63, 3.8) is 0 Å². The van der Waals surface area contributed by atoms with E-state index in [1.807, 2.05) is 6.92 Å². The molecule has 19 heavy (non-hydrogen) atoms. The average Bonchev–Trinajstić information content (AvgIpc) is 2.77. The number of anilines is 1. The predicted octanol–water partition coefficient (Wildman–Crippen LogP) is 2.61. The van der Waals surface area contributed by atoms with Crippen LogP contribution in [0.3, 0.4) is 0 Å². The molecule has 0 fully saturated rings. The third kappa shape index (κ3) is 3.03. The van der Waals surface area contributed by atoms with Gasteiger partial charge in [0.1, 0.15) is 5.69 Å². The van der Waals surface area contributed by atoms with E-state index in [-0.39, 0.29) is 11.7 Å². The molecule has 6 heteroatoms. The van der Waals surface area contributed by atoms with Gasteiger partial charge in [-0.3, -0.25) is 19.9 Å². The van der Waals surface area contributed by atoms with Crippen LogP contribution in [0.5, 0.6) is 0 Å². The third-order valence-corrected chi connectivity index (χ3v) is 3.31. The van der Waals surface area contributed by atoms with Crippen LogP contribution in [0.1, 0.15) is 39.2 Å². The van der Waals surface area contributed by atoms with Crippen molar-refractivity contribution in [2.75, 3.05) is 5.32 Å². The lowest BCUT2D eigenvalue weighted by Crippen LogP contribution is -2.14. The van der Waals surface area contributed by atoms with Crippen LogP contribution in [-0.4, -0.2) is 21.7 Å². The molecule has 1 N–H and O–H groups in total. The predicted molar refractivity (Wildman–Crippen MR) is 73.8 cm³/mol. The summed E-state index contributed by atoms with van der Waals surface area (Å²) in [6, 6.07) is 3.51. The number of aryl methyl sites for hydroxylation is 2. The van der Waals surface area contributed by atoms with E-state index in [0.717, 1.165) is 5.69 Å². The number of aromatic nitrogens is 2. The Balaban J connectivity index is 2.18. The van der Waals surface area contributed by atoms with Crippen molar-refractivity contribution in [3.8, 4) is 0 Å². The number of nitrogens with one attached hydrogen (secondary N) is 1. The highest BCUT2D eigenvalue weighted by molar-refractivity contribution is 7.14. The van der Waals surface area contributed by atoms with E-state index in [4.69, 9.17) is 0 Å². The lowest BCUT2D eigenvalue weighted by atomic mass is 10.2. The zero-order chi connectivity index (χ0) is 14.0. The summed E-state index contributed by atoms with van der Waals surface area (Å²) in [6.07, 6.45) is 0. The van der Waals surface area contributed by atoms with E-state index in [9.17, 15) is 9.59 Å². The molecule has 0 aliphatic carbocycles. The Morgan fingerprint density at radius 3 is 2.53 bits per heavy atom. The van der Waals surface area contributed by atoms with Gasteiger partial charge in [0.15, 0.2) is 10.9 Å². The maximum Gasteiger partial charge on any atom is 0.259 e. The molecular weight excluding hydrogens is 262 g/mol. The Kier molecular flexibility index (Phi) is 3.71. The molecule has 1 amide bonds. The van der Waals surface area contributed by atoms with E-state index >= 15 is 0 Å². The molecule has 0 aromatic carbocycles. The summed E-state index contributed by atoms with van der Waals surface area (Å²) in [5.41, 5.74) is 2.40. The Morgan fingerprint density at radius 2 is 1.95 bits per heavy atom. The first-order valence-corrected chi connectivity index (χ1v) is 6.57. The van der Waals surface area contributed by atoms with Crippen molar-refractivity contribution >= 4 is 28.2 Å². The summed E-state index contributed by atoms with van der Waals surface area (Å²) < 4.78 is 0. The highest BCUT2D eigenvalue weighted by Crippen LogP contribution is 2.17. The third-order valence-electron chi connectivity index (χ3n) is 2.56. The van der Waals surface area contributed by atoms with E-state index < -0.39 is 0 Å². The fourth-order valence-corrected chi connectivity index (χ4v) is 2.33. The van der Waals surface area contributed by atoms with Gasteiger partial charge < -0.3 is 0 Å². The number of ketones is 1. The SMILES string of the molecule is CC(=O)c1csc(NC(=O)c2ccc(C)nc2C)n1. The second-order valence-electron chi connectivity index (χ2n) is 4.13. The minimum Gasteiger partial charge on any atom is -0.298 e. The molecule has 2 aromatic rings. The largest absolute Gasteiger partial charge is 0.298 e. The first-order valence-electron chi connectivity index (χ1n) is 5.69. The van der Waals surface area contributed by atoms with Crippen molar-refractivity contribution in [2.24, 2.45) is 0 Å². The first-order chi connectivity index (χ1) is 8.97. The van der Waals surface area contributed by atoms with E-state index in [2.05, 4.69) is 15.3 Å². The number of nitrogens with zero attached hydrogens (tertiary/aromatic N) is 2. The smallest absolute Gasteiger partial charge is 0.259 e. The van der Waals surface area contributed by atoms with Gasteiger partial charge in [-0.1, -0.05) is 0 Å². The van der Waals surface area contributed by atoms with Crippen molar-refractivity contribution in [1.82, 2.24) is 9.97 Å². The number of amides is 1. The summed E-state index contributed by atoms with van der Waals surface area (Å²) in [7, 11) is 0. The van der Waals surface area contributed by atoms with Crippen LogP contribution in [0.25, 0.3) is 0 Å². The molecule has 0 saturated heterocycles. The van der Waals surface area contributed by atoms with E-state index in [1.165, 1.54) is 18.3 Å². The minimum atomic E-state index is -0.269. The van der Waals surface area contributed by atoms with Gasteiger partial charge in [-0.05, 0) is 26.0 Å². The molecule has 0 atom stereocenters. The van der Waals surface area contributed by atoms with E-state index in [0.29, 0.717) is 22.1 Å². The molecule has 0 bridgehead atoms. The van der Waals surface area contributed by atoms with Gasteiger partial charge in [0.25, 0.3) is 5.91 Å². The molecule has 2 aromatic heterocycles. The van der Waals surface area contributed by atoms with Crippen LogP contribution >= 0.6 is 11.3 Å². The Morgan fingerprint density at radius 1 is 1.21 bits per heavy atom. The lowest BCUT2D eigenvalue weighted by molar-refractivity contribution is 0.100. The maximum absolute atomic E-state index is 12.1. The molecule has 0 radical (unpaired) electrons. The Hall–Kier alpha value is -2.08. The van der Waals surface area contributed by atoms with Crippen LogP contribution in [0.4, 0.5) is 5.13 Å². The molecule has 0 aliphatic heterocycles. The second kappa shape index (κ2) is 5.27. The molecule has 0 saturated carbocycles. The average molecular weight is 275 g/mol. The quantitative estimate of drug-likeness (QED) is 0.874. The van der Waals surface area contributed by atoms with Gasteiger partial charge in [0.05, 0.1) is 11.3 Å². The van der Waals surface area contributed by atoms with Gasteiger partial charge in [-0.15, -0.1) is 11.3 Å². The first kappa shape index (κ1) is 13.4. The van der Waals surface area contributed by atoms with Crippen LogP contribution < -0.4 is 5.32 Å². The van der Waals surface area contributed by atoms with Gasteiger partial charge in [0, 0.05) is 18.0 Å². The molecule has 98 valence electrons.